The van der Waals surface area contributed by atoms with Crippen LogP contribution in [0.5, 0.6) is 17.2 Å². The Morgan fingerprint density at radius 3 is 2.42 bits per heavy atom. The van der Waals surface area contributed by atoms with E-state index in [-0.39, 0.29) is 5.69 Å². The fraction of sp³-hybridized carbons (Fsp3) is 0.214. The van der Waals surface area contributed by atoms with Gasteiger partial charge in [0.05, 0.1) is 17.3 Å². The van der Waals surface area contributed by atoms with Gasteiger partial charge in [0.2, 0.25) is 5.69 Å². The van der Waals surface area contributed by atoms with Gasteiger partial charge in [-0.15, -0.1) is 0 Å². The Bertz CT molecular complexity index is 1650. The molecular formula is C28H25BrN4O5. The van der Waals surface area contributed by atoms with Gasteiger partial charge in [-0.2, -0.15) is 9.78 Å². The second-order valence-corrected chi connectivity index (χ2v) is 9.93. The summed E-state index contributed by atoms with van der Waals surface area (Å²) in [6, 6.07) is 16.7. The summed E-state index contributed by atoms with van der Waals surface area (Å²) in [5, 5.41) is 4.21. The Kier molecular flexibility index (Phi) is 6.90. The molecule has 1 aliphatic rings. The number of carbonyl (C=O) groups is 1. The number of ether oxygens (including phenoxy) is 2. The molecule has 0 atom stereocenters. The monoisotopic (exact) mass is 576 g/mol. The fourth-order valence-electron chi connectivity index (χ4n) is 4.57. The maximum atomic E-state index is 13.3. The van der Waals surface area contributed by atoms with Crippen molar-refractivity contribution >= 4 is 21.8 Å². The number of aromatic nitrogens is 3. The Hall–Kier alpha value is -4.18. The number of carbonyl (C=O) groups excluding carboxylic acids is 1. The molecule has 1 aromatic heterocycles. The zero-order valence-corrected chi connectivity index (χ0v) is 22.7. The smallest absolute Gasteiger partial charge is 0.349 e. The summed E-state index contributed by atoms with van der Waals surface area (Å²) in [7, 11) is 1.59. The molecule has 3 aromatic carbocycles. The van der Waals surface area contributed by atoms with Gasteiger partial charge < -0.3 is 14.4 Å². The van der Waals surface area contributed by atoms with E-state index in [2.05, 4.69) is 26.0 Å². The van der Waals surface area contributed by atoms with Crippen LogP contribution in [0, 0.1) is 13.8 Å². The fourth-order valence-corrected chi connectivity index (χ4v) is 5.09. The van der Waals surface area contributed by atoms with E-state index in [0.717, 1.165) is 25.8 Å². The summed E-state index contributed by atoms with van der Waals surface area (Å²) in [6.07, 6.45) is 0.685. The van der Waals surface area contributed by atoms with Gasteiger partial charge in [-0.05, 0) is 88.8 Å². The third kappa shape index (κ3) is 4.87. The number of aryl methyl sites for hydroxylation is 2. The summed E-state index contributed by atoms with van der Waals surface area (Å²) >= 11 is 3.46. The van der Waals surface area contributed by atoms with Gasteiger partial charge in [0.1, 0.15) is 17.2 Å². The van der Waals surface area contributed by atoms with Gasteiger partial charge in [-0.1, -0.05) is 24.3 Å². The molecule has 2 heterocycles. The van der Waals surface area contributed by atoms with Crippen LogP contribution in [0.3, 0.4) is 0 Å². The quantitative estimate of drug-likeness (QED) is 0.379. The lowest BCUT2D eigenvalue weighted by molar-refractivity contribution is 0.0724. The molecule has 0 unspecified atom stereocenters. The topological polar surface area (TPSA) is 107 Å². The highest BCUT2D eigenvalue weighted by Crippen LogP contribution is 2.34. The molecule has 0 saturated heterocycles. The van der Waals surface area contributed by atoms with Gasteiger partial charge in [0.15, 0.2) is 0 Å². The molecule has 4 aromatic rings. The molecule has 0 saturated carbocycles. The molecule has 9 nitrogen and oxygen atoms in total. The molecular weight excluding hydrogens is 552 g/mol. The molecule has 0 radical (unpaired) electrons. The van der Waals surface area contributed by atoms with E-state index >= 15 is 0 Å². The Morgan fingerprint density at radius 1 is 1.03 bits per heavy atom. The molecule has 0 bridgehead atoms. The molecule has 1 amide bonds. The molecule has 0 spiro atoms. The first-order valence-electron chi connectivity index (χ1n) is 12.0. The van der Waals surface area contributed by atoms with Crippen molar-refractivity contribution in [1.29, 1.82) is 0 Å². The second kappa shape index (κ2) is 10.3. The largest absolute Gasteiger partial charge is 0.496 e. The SMILES string of the molecule is COc1ccc(Oc2c(C)cc(-n3nc(C(=O)N4CCc5ccccc5C4)c(=O)[nH]c3=O)cc2C)cc1Br. The summed E-state index contributed by atoms with van der Waals surface area (Å²) in [6.45, 7) is 4.53. The number of aromatic amines is 1. The molecule has 0 fully saturated rings. The first-order chi connectivity index (χ1) is 18.2. The number of rotatable bonds is 5. The summed E-state index contributed by atoms with van der Waals surface area (Å²) in [5.74, 6) is 1.38. The number of hydrogen-bond donors (Lipinski definition) is 1. The van der Waals surface area contributed by atoms with Crippen molar-refractivity contribution in [2.24, 2.45) is 0 Å². The van der Waals surface area contributed by atoms with Crippen molar-refractivity contribution in [2.45, 2.75) is 26.8 Å². The van der Waals surface area contributed by atoms with E-state index in [1.54, 1.807) is 42.3 Å². The Balaban J connectivity index is 1.46. The van der Waals surface area contributed by atoms with Crippen LogP contribution in [0.2, 0.25) is 0 Å². The third-order valence-corrected chi connectivity index (χ3v) is 7.10. The van der Waals surface area contributed by atoms with Gasteiger partial charge >= 0.3 is 5.69 Å². The predicted molar refractivity (Wildman–Crippen MR) is 146 cm³/mol. The highest BCUT2D eigenvalue weighted by Gasteiger charge is 2.26. The normalized spacial score (nSPS) is 12.7. The Morgan fingerprint density at radius 2 is 1.74 bits per heavy atom. The van der Waals surface area contributed by atoms with E-state index in [9.17, 15) is 14.4 Å². The number of nitrogens with one attached hydrogen (secondary N) is 1. The third-order valence-electron chi connectivity index (χ3n) is 6.48. The first-order valence-corrected chi connectivity index (χ1v) is 12.8. The number of halogens is 1. The van der Waals surface area contributed by atoms with Crippen molar-refractivity contribution in [3.8, 4) is 22.9 Å². The molecule has 194 valence electrons. The van der Waals surface area contributed by atoms with Crippen molar-refractivity contribution in [3.05, 3.63) is 108 Å². The highest BCUT2D eigenvalue weighted by atomic mass is 79.9. The number of hydrogen-bond acceptors (Lipinski definition) is 6. The van der Waals surface area contributed by atoms with Crippen LogP contribution in [0.4, 0.5) is 0 Å². The Labute approximate surface area is 226 Å². The number of fused-ring (bicyclic) bond motifs is 1. The average Bonchev–Trinajstić information content (AvgIpc) is 2.90. The maximum absolute atomic E-state index is 13.3. The second-order valence-electron chi connectivity index (χ2n) is 9.07. The number of H-pyrrole nitrogens is 1. The first kappa shape index (κ1) is 25.5. The van der Waals surface area contributed by atoms with Crippen molar-refractivity contribution in [2.75, 3.05) is 13.7 Å². The van der Waals surface area contributed by atoms with Crippen LogP contribution in [-0.2, 0) is 13.0 Å². The molecule has 38 heavy (non-hydrogen) atoms. The number of benzene rings is 3. The minimum Gasteiger partial charge on any atom is -0.496 e. The number of nitrogens with zero attached hydrogens (tertiary/aromatic N) is 3. The van der Waals surface area contributed by atoms with Crippen LogP contribution in [-0.4, -0.2) is 39.2 Å². The standard InChI is InChI=1S/C28H25BrN4O5/c1-16-12-20(13-17(2)25(16)38-21-8-9-23(37-3)22(29)14-21)33-28(36)30-26(34)24(31-33)27(35)32-11-10-18-6-4-5-7-19(18)15-32/h4-9,12-14H,10-11,15H2,1-3H3,(H,30,34,36). The zero-order chi connectivity index (χ0) is 27.0. The lowest BCUT2D eigenvalue weighted by atomic mass is 10.00. The summed E-state index contributed by atoms with van der Waals surface area (Å²) in [5.41, 5.74) is 2.22. The predicted octanol–water partition coefficient (Wildman–Crippen LogP) is 4.30. The number of methoxy groups -OCH3 is 1. The van der Waals surface area contributed by atoms with E-state index in [0.29, 0.717) is 42.4 Å². The van der Waals surface area contributed by atoms with Crippen molar-refractivity contribution in [3.63, 3.8) is 0 Å². The number of amides is 1. The molecule has 1 aliphatic heterocycles. The average molecular weight is 577 g/mol. The zero-order valence-electron chi connectivity index (χ0n) is 21.1. The van der Waals surface area contributed by atoms with E-state index in [1.165, 1.54) is 5.56 Å². The minimum atomic E-state index is -0.811. The minimum absolute atomic E-state index is 0.331. The lowest BCUT2D eigenvalue weighted by Crippen LogP contribution is -2.42. The van der Waals surface area contributed by atoms with Crippen LogP contribution >= 0.6 is 15.9 Å². The summed E-state index contributed by atoms with van der Waals surface area (Å²) < 4.78 is 13.2. The van der Waals surface area contributed by atoms with Crippen molar-refractivity contribution < 1.29 is 14.3 Å². The molecule has 0 aliphatic carbocycles. The lowest BCUT2D eigenvalue weighted by Gasteiger charge is -2.28. The molecule has 5 rings (SSSR count). The van der Waals surface area contributed by atoms with E-state index in [4.69, 9.17) is 9.47 Å². The van der Waals surface area contributed by atoms with E-state index in [1.807, 2.05) is 38.1 Å². The van der Waals surface area contributed by atoms with Gasteiger partial charge in [0, 0.05) is 13.1 Å². The van der Waals surface area contributed by atoms with E-state index < -0.39 is 17.2 Å². The van der Waals surface area contributed by atoms with Gasteiger partial charge in [-0.3, -0.25) is 14.6 Å². The van der Waals surface area contributed by atoms with Crippen LogP contribution in [0.1, 0.15) is 32.7 Å². The van der Waals surface area contributed by atoms with Crippen LogP contribution < -0.4 is 20.7 Å². The van der Waals surface area contributed by atoms with Crippen molar-refractivity contribution in [1.82, 2.24) is 19.7 Å². The highest BCUT2D eigenvalue weighted by molar-refractivity contribution is 9.10. The maximum Gasteiger partial charge on any atom is 0.349 e. The van der Waals surface area contributed by atoms with Gasteiger partial charge in [0.25, 0.3) is 11.5 Å². The summed E-state index contributed by atoms with van der Waals surface area (Å²) in [4.78, 5) is 42.4. The van der Waals surface area contributed by atoms with Crippen LogP contribution in [0.25, 0.3) is 5.69 Å². The van der Waals surface area contributed by atoms with Gasteiger partial charge in [-0.25, -0.2) is 4.79 Å². The molecule has 1 N–H and O–H groups in total. The molecule has 10 heteroatoms. The van der Waals surface area contributed by atoms with Crippen LogP contribution in [0.15, 0.2) is 68.7 Å².